The quantitative estimate of drug-likeness (QED) is 0.737. The zero-order valence-electron chi connectivity index (χ0n) is 14.4. The van der Waals surface area contributed by atoms with E-state index in [2.05, 4.69) is 42.1 Å². The van der Waals surface area contributed by atoms with Gasteiger partial charge in [-0.05, 0) is 47.7 Å². The van der Waals surface area contributed by atoms with E-state index in [4.69, 9.17) is 9.15 Å². The molecule has 1 atom stereocenters. The van der Waals surface area contributed by atoms with Gasteiger partial charge in [-0.15, -0.1) is 0 Å². The molecule has 130 valence electrons. The van der Waals surface area contributed by atoms with Gasteiger partial charge in [-0.3, -0.25) is 4.79 Å². The molecular weight excluding hydrogens is 316 g/mol. The molecule has 0 radical (unpaired) electrons. The van der Waals surface area contributed by atoms with Gasteiger partial charge in [-0.25, -0.2) is 0 Å². The highest BCUT2D eigenvalue weighted by atomic mass is 16.5. The maximum absolute atomic E-state index is 12.6. The summed E-state index contributed by atoms with van der Waals surface area (Å²) in [4.78, 5) is 14.4. The first-order chi connectivity index (χ1) is 12.2. The van der Waals surface area contributed by atoms with Gasteiger partial charge in [0.25, 0.3) is 5.91 Å². The van der Waals surface area contributed by atoms with E-state index in [-0.39, 0.29) is 11.8 Å². The Morgan fingerprint density at radius 2 is 2.20 bits per heavy atom. The van der Waals surface area contributed by atoms with E-state index in [1.54, 1.807) is 12.1 Å². The lowest BCUT2D eigenvalue weighted by atomic mass is 9.98. The minimum atomic E-state index is -0.0565. The molecule has 1 fully saturated rings. The molecular formula is C20H22N2O3. The van der Waals surface area contributed by atoms with Crippen LogP contribution in [-0.2, 0) is 18.2 Å². The van der Waals surface area contributed by atoms with Gasteiger partial charge in [0.15, 0.2) is 5.76 Å². The third-order valence-electron chi connectivity index (χ3n) is 4.83. The summed E-state index contributed by atoms with van der Waals surface area (Å²) < 4.78 is 13.1. The molecule has 1 saturated heterocycles. The van der Waals surface area contributed by atoms with Gasteiger partial charge in [-0.2, -0.15) is 0 Å². The van der Waals surface area contributed by atoms with Crippen LogP contribution in [0.3, 0.4) is 0 Å². The molecule has 3 heterocycles. The van der Waals surface area contributed by atoms with Crippen molar-refractivity contribution < 1.29 is 13.9 Å². The molecule has 0 bridgehead atoms. The van der Waals surface area contributed by atoms with E-state index >= 15 is 0 Å². The molecule has 0 spiro atoms. The van der Waals surface area contributed by atoms with E-state index in [1.165, 1.54) is 22.7 Å². The number of hydrogen-bond donors (Lipinski definition) is 0. The van der Waals surface area contributed by atoms with Gasteiger partial charge in [0.2, 0.25) is 0 Å². The SMILES string of the molecule is Cn1ccc2cc(CC3COCCN(C(=O)c4ccco4)C3)ccc21. The molecule has 0 N–H and O–H groups in total. The van der Waals surface area contributed by atoms with Gasteiger partial charge >= 0.3 is 0 Å². The molecule has 1 amide bonds. The summed E-state index contributed by atoms with van der Waals surface area (Å²) in [5.74, 6) is 0.618. The molecule has 5 heteroatoms. The molecule has 1 unspecified atom stereocenters. The van der Waals surface area contributed by atoms with Crippen LogP contribution in [-0.4, -0.2) is 41.7 Å². The smallest absolute Gasteiger partial charge is 0.289 e. The lowest BCUT2D eigenvalue weighted by Gasteiger charge is -2.22. The summed E-state index contributed by atoms with van der Waals surface area (Å²) in [6, 6.07) is 12.2. The topological polar surface area (TPSA) is 47.6 Å². The van der Waals surface area contributed by atoms with E-state index < -0.39 is 0 Å². The molecule has 1 aromatic carbocycles. The lowest BCUT2D eigenvalue weighted by molar-refractivity contribution is 0.0705. The van der Waals surface area contributed by atoms with Crippen molar-refractivity contribution in [3.8, 4) is 0 Å². The number of hydrogen-bond acceptors (Lipinski definition) is 3. The van der Waals surface area contributed by atoms with Gasteiger partial charge in [0, 0.05) is 37.8 Å². The number of nitrogens with zero attached hydrogens (tertiary/aromatic N) is 2. The van der Waals surface area contributed by atoms with Crippen LogP contribution >= 0.6 is 0 Å². The Morgan fingerprint density at radius 3 is 3.04 bits per heavy atom. The van der Waals surface area contributed by atoms with Crippen LogP contribution in [0, 0.1) is 5.92 Å². The van der Waals surface area contributed by atoms with Crippen molar-refractivity contribution in [3.63, 3.8) is 0 Å². The Balaban J connectivity index is 1.49. The van der Waals surface area contributed by atoms with E-state index in [9.17, 15) is 4.79 Å². The maximum atomic E-state index is 12.6. The van der Waals surface area contributed by atoms with Crippen LogP contribution in [0.2, 0.25) is 0 Å². The summed E-state index contributed by atoms with van der Waals surface area (Å²) in [7, 11) is 2.05. The molecule has 1 aliphatic rings. The zero-order valence-corrected chi connectivity index (χ0v) is 14.4. The number of rotatable bonds is 3. The van der Waals surface area contributed by atoms with Crippen LogP contribution in [0.15, 0.2) is 53.3 Å². The molecule has 2 aromatic heterocycles. The fraction of sp³-hybridized carbons (Fsp3) is 0.350. The van der Waals surface area contributed by atoms with E-state index in [0.717, 1.165) is 6.42 Å². The largest absolute Gasteiger partial charge is 0.459 e. The van der Waals surface area contributed by atoms with Crippen molar-refractivity contribution in [3.05, 3.63) is 60.2 Å². The Hall–Kier alpha value is -2.53. The molecule has 25 heavy (non-hydrogen) atoms. The summed E-state index contributed by atoms with van der Waals surface area (Å²) in [5.41, 5.74) is 2.51. The Kier molecular flexibility index (Phi) is 4.32. The normalized spacial score (nSPS) is 18.4. The third kappa shape index (κ3) is 3.33. The monoisotopic (exact) mass is 338 g/mol. The van der Waals surface area contributed by atoms with Crippen molar-refractivity contribution in [1.29, 1.82) is 0 Å². The Bertz CT molecular complexity index is 866. The number of carbonyl (C=O) groups excluding carboxylic acids is 1. The number of amides is 1. The van der Waals surface area contributed by atoms with Crippen molar-refractivity contribution in [1.82, 2.24) is 9.47 Å². The molecule has 5 nitrogen and oxygen atoms in total. The van der Waals surface area contributed by atoms with Crippen LogP contribution in [0.25, 0.3) is 10.9 Å². The number of aromatic nitrogens is 1. The molecule has 0 aliphatic carbocycles. The first-order valence-electron chi connectivity index (χ1n) is 8.65. The average molecular weight is 338 g/mol. The third-order valence-corrected chi connectivity index (χ3v) is 4.83. The standard InChI is InChI=1S/C20H22N2O3/c1-21-7-6-17-12-15(4-5-18(17)21)11-16-13-22(8-10-24-14-16)20(23)19-3-2-9-25-19/h2-7,9,12,16H,8,10-11,13-14H2,1H3. The molecule has 4 rings (SSSR count). The fourth-order valence-electron chi connectivity index (χ4n) is 3.54. The number of ether oxygens (including phenoxy) is 1. The van der Waals surface area contributed by atoms with Crippen molar-refractivity contribution >= 4 is 16.8 Å². The zero-order chi connectivity index (χ0) is 17.2. The van der Waals surface area contributed by atoms with Crippen molar-refractivity contribution in [2.45, 2.75) is 6.42 Å². The molecule has 1 aliphatic heterocycles. The van der Waals surface area contributed by atoms with Gasteiger partial charge in [0.05, 0.1) is 19.5 Å². The lowest BCUT2D eigenvalue weighted by Crippen LogP contribution is -2.36. The van der Waals surface area contributed by atoms with E-state index in [1.807, 2.05) is 4.90 Å². The first kappa shape index (κ1) is 16.0. The minimum absolute atomic E-state index is 0.0565. The number of benzene rings is 1. The second-order valence-corrected chi connectivity index (χ2v) is 6.69. The summed E-state index contributed by atoms with van der Waals surface area (Å²) in [6.45, 7) is 2.54. The highest BCUT2D eigenvalue weighted by Gasteiger charge is 2.25. The van der Waals surface area contributed by atoms with Gasteiger partial charge in [-0.1, -0.05) is 6.07 Å². The Labute approximate surface area is 146 Å². The van der Waals surface area contributed by atoms with Crippen LogP contribution < -0.4 is 0 Å². The summed E-state index contributed by atoms with van der Waals surface area (Å²) >= 11 is 0. The molecule has 0 saturated carbocycles. The number of fused-ring (bicyclic) bond motifs is 1. The highest BCUT2D eigenvalue weighted by molar-refractivity contribution is 5.91. The molecule has 3 aromatic rings. The van der Waals surface area contributed by atoms with Crippen molar-refractivity contribution in [2.24, 2.45) is 13.0 Å². The summed E-state index contributed by atoms with van der Waals surface area (Å²) in [5, 5.41) is 1.25. The number of aryl methyl sites for hydroxylation is 1. The predicted molar refractivity (Wildman–Crippen MR) is 95.5 cm³/mol. The first-order valence-corrected chi connectivity index (χ1v) is 8.65. The second-order valence-electron chi connectivity index (χ2n) is 6.69. The Morgan fingerprint density at radius 1 is 1.28 bits per heavy atom. The second kappa shape index (κ2) is 6.76. The van der Waals surface area contributed by atoms with Gasteiger partial charge in [0.1, 0.15) is 0 Å². The van der Waals surface area contributed by atoms with Crippen LogP contribution in [0.1, 0.15) is 16.1 Å². The predicted octanol–water partition coefficient (Wildman–Crippen LogP) is 3.10. The van der Waals surface area contributed by atoms with Gasteiger partial charge < -0.3 is 18.6 Å². The fourth-order valence-corrected chi connectivity index (χ4v) is 3.54. The van der Waals surface area contributed by atoms with Crippen LogP contribution in [0.5, 0.6) is 0 Å². The van der Waals surface area contributed by atoms with E-state index in [0.29, 0.717) is 32.1 Å². The number of furan rings is 1. The van der Waals surface area contributed by atoms with Crippen molar-refractivity contribution in [2.75, 3.05) is 26.3 Å². The average Bonchev–Trinajstić information content (AvgIpc) is 3.21. The maximum Gasteiger partial charge on any atom is 0.289 e. The highest BCUT2D eigenvalue weighted by Crippen LogP contribution is 2.21. The van der Waals surface area contributed by atoms with Crippen LogP contribution in [0.4, 0.5) is 0 Å². The summed E-state index contributed by atoms with van der Waals surface area (Å²) in [6.07, 6.45) is 4.51. The number of carbonyl (C=O) groups is 1. The minimum Gasteiger partial charge on any atom is -0.459 e.